The SMILES string of the molecule is CC1(C)CC1.N/C=C(\C=NCc1ccc(F)cc1)C(=O)N1CC(COCc2cccc(C3CCC(F)(F)CC3)c2/C(N)=N/NN)C2(CN(C=O)C2)C1. The molecule has 1 atom stereocenters. The van der Waals surface area contributed by atoms with Gasteiger partial charge in [-0.25, -0.2) is 24.5 Å². The lowest BCUT2D eigenvalue weighted by atomic mass is 9.72. The highest BCUT2D eigenvalue weighted by Gasteiger charge is 2.55. The summed E-state index contributed by atoms with van der Waals surface area (Å²) in [7, 11) is 0. The van der Waals surface area contributed by atoms with Crippen molar-refractivity contribution in [2.24, 2.45) is 44.2 Å². The second-order valence-corrected chi connectivity index (χ2v) is 15.3. The first-order valence-corrected chi connectivity index (χ1v) is 17.8. The number of benzene rings is 2. The van der Waals surface area contributed by atoms with Crippen molar-refractivity contribution in [1.82, 2.24) is 15.3 Å². The number of amides is 2. The van der Waals surface area contributed by atoms with Gasteiger partial charge in [0.25, 0.3) is 5.91 Å². The Morgan fingerprint density at radius 1 is 1.06 bits per heavy atom. The molecule has 52 heavy (non-hydrogen) atoms. The number of alkyl halides is 2. The molecule has 1 unspecified atom stereocenters. The van der Waals surface area contributed by atoms with Crippen molar-refractivity contribution in [3.05, 3.63) is 82.3 Å². The third-order valence-electron chi connectivity index (χ3n) is 10.7. The number of aliphatic imine (C=N–C) groups is 1. The van der Waals surface area contributed by atoms with Crippen LogP contribution in [0.2, 0.25) is 0 Å². The largest absolute Gasteiger partial charge is 0.404 e. The smallest absolute Gasteiger partial charge is 0.256 e. The number of ether oxygens (including phenoxy) is 1. The fourth-order valence-electron chi connectivity index (χ4n) is 7.23. The average Bonchev–Trinajstić information content (AvgIpc) is 3.66. The van der Waals surface area contributed by atoms with Gasteiger partial charge in [-0.3, -0.25) is 14.6 Å². The van der Waals surface area contributed by atoms with E-state index in [2.05, 4.69) is 29.5 Å². The second kappa shape index (κ2) is 16.5. The standard InChI is InChI=1S/C33H41F3N8O3.C5H10/c34-27-6-4-22(5-7-27)13-40-14-25(12-37)31(46)44-15-26(32(20-44)18-43(19-32)21-45)17-47-16-24-2-1-3-28(29(24)30(38)41-42-39)23-8-10-33(35,36)11-9-23;1-5(2)3-4-5/h1-7,12,14,21,23,26,42H,8-11,13,15-20,37,39H2,(H2,38,41);3-4H2,1-2H3/b25-12+,40-14?;. The minimum Gasteiger partial charge on any atom is -0.404 e. The van der Waals surface area contributed by atoms with Crippen molar-refractivity contribution in [2.75, 3.05) is 32.8 Å². The van der Waals surface area contributed by atoms with Crippen molar-refractivity contribution in [3.63, 3.8) is 0 Å². The molecule has 2 saturated heterocycles. The van der Waals surface area contributed by atoms with Crippen molar-refractivity contribution in [1.29, 1.82) is 0 Å². The number of likely N-dealkylation sites (tertiary alicyclic amines) is 2. The average molecular weight is 725 g/mol. The van der Waals surface area contributed by atoms with Crippen LogP contribution >= 0.6 is 0 Å². The first kappa shape index (κ1) is 38.8. The molecule has 282 valence electrons. The topological polar surface area (TPSA) is 165 Å². The number of hydrazone groups is 1. The number of carbonyl (C=O) groups is 2. The highest BCUT2D eigenvalue weighted by Crippen LogP contribution is 2.45. The van der Waals surface area contributed by atoms with Crippen LogP contribution in [0.15, 0.2) is 64.3 Å². The number of amidine groups is 1. The van der Waals surface area contributed by atoms with E-state index in [0.717, 1.165) is 28.5 Å². The quantitative estimate of drug-likeness (QED) is 0.0623. The Morgan fingerprint density at radius 2 is 1.73 bits per heavy atom. The van der Waals surface area contributed by atoms with Crippen LogP contribution in [0, 0.1) is 22.6 Å². The molecule has 4 fully saturated rings. The lowest BCUT2D eigenvalue weighted by Gasteiger charge is -2.49. The van der Waals surface area contributed by atoms with Crippen LogP contribution in [0.5, 0.6) is 0 Å². The molecule has 2 aromatic rings. The number of hydrazine groups is 1. The van der Waals surface area contributed by atoms with Crippen molar-refractivity contribution >= 4 is 24.4 Å². The minimum atomic E-state index is -2.67. The Kier molecular flexibility index (Phi) is 12.3. The summed E-state index contributed by atoms with van der Waals surface area (Å²) < 4.78 is 47.3. The number of carbonyl (C=O) groups excluding carboxylic acids is 2. The van der Waals surface area contributed by atoms with E-state index in [1.54, 1.807) is 21.9 Å². The van der Waals surface area contributed by atoms with E-state index in [9.17, 15) is 22.8 Å². The maximum atomic E-state index is 13.9. The fraction of sp³-hybridized carbons (Fsp3) is 0.526. The predicted octanol–water partition coefficient (Wildman–Crippen LogP) is 4.56. The van der Waals surface area contributed by atoms with E-state index < -0.39 is 5.92 Å². The fourth-order valence-corrected chi connectivity index (χ4v) is 7.23. The summed E-state index contributed by atoms with van der Waals surface area (Å²) in [6, 6.07) is 11.5. The monoisotopic (exact) mass is 724 g/mol. The lowest BCUT2D eigenvalue weighted by Crippen LogP contribution is -2.60. The predicted molar refractivity (Wildman–Crippen MR) is 194 cm³/mol. The molecular weight excluding hydrogens is 673 g/mol. The Labute approximate surface area is 303 Å². The Balaban J connectivity index is 0.000000962. The molecule has 2 aromatic carbocycles. The van der Waals surface area contributed by atoms with Gasteiger partial charge in [-0.15, -0.1) is 5.10 Å². The third kappa shape index (κ3) is 9.71. The number of nitrogens with zero attached hydrogens (tertiary/aromatic N) is 4. The number of nitrogens with one attached hydrogen (secondary N) is 1. The van der Waals surface area contributed by atoms with Gasteiger partial charge in [-0.1, -0.05) is 44.2 Å². The summed E-state index contributed by atoms with van der Waals surface area (Å²) in [6.07, 6.45) is 6.61. The number of hydrogen-bond donors (Lipinski definition) is 4. The maximum absolute atomic E-state index is 13.9. The summed E-state index contributed by atoms with van der Waals surface area (Å²) in [5.74, 6) is 2.08. The molecule has 2 saturated carbocycles. The second-order valence-electron chi connectivity index (χ2n) is 15.3. The Hall–Kier alpha value is -4.43. The normalized spacial score (nSPS) is 22.2. The zero-order valence-electron chi connectivity index (χ0n) is 30.0. The van der Waals surface area contributed by atoms with Gasteiger partial charge in [0, 0.05) is 68.3 Å². The van der Waals surface area contributed by atoms with E-state index in [1.807, 2.05) is 18.2 Å². The number of hydrogen-bond acceptors (Lipinski definition) is 8. The highest BCUT2D eigenvalue weighted by atomic mass is 19.3. The number of nitrogens with two attached hydrogens (primary N) is 3. The molecule has 6 rings (SSSR count). The number of halogens is 3. The molecule has 1 spiro atoms. The van der Waals surface area contributed by atoms with Gasteiger partial charge in [0.2, 0.25) is 12.3 Å². The van der Waals surface area contributed by atoms with E-state index in [1.165, 1.54) is 37.4 Å². The summed E-state index contributed by atoms with van der Waals surface area (Å²) in [5, 5.41) is 3.98. The molecule has 4 aliphatic rings. The van der Waals surface area contributed by atoms with Gasteiger partial charge in [0.15, 0.2) is 5.84 Å². The van der Waals surface area contributed by atoms with Gasteiger partial charge in [0.05, 0.1) is 25.3 Å². The zero-order chi connectivity index (χ0) is 37.5. The highest BCUT2D eigenvalue weighted by molar-refractivity contribution is 6.12. The van der Waals surface area contributed by atoms with Crippen LogP contribution in [0.1, 0.15) is 80.5 Å². The molecule has 0 bridgehead atoms. The minimum absolute atomic E-state index is 0.0817. The van der Waals surface area contributed by atoms with Crippen molar-refractivity contribution in [2.45, 2.75) is 77.4 Å². The van der Waals surface area contributed by atoms with E-state index in [0.29, 0.717) is 51.2 Å². The van der Waals surface area contributed by atoms with Crippen LogP contribution in [0.4, 0.5) is 13.2 Å². The van der Waals surface area contributed by atoms with E-state index >= 15 is 0 Å². The molecule has 2 heterocycles. The molecule has 2 aliphatic carbocycles. The van der Waals surface area contributed by atoms with Crippen LogP contribution in [0.25, 0.3) is 0 Å². The van der Waals surface area contributed by atoms with Gasteiger partial charge >= 0.3 is 0 Å². The number of rotatable bonds is 12. The Bertz CT molecular complexity index is 1640. The first-order chi connectivity index (χ1) is 24.8. The molecule has 11 nitrogen and oxygen atoms in total. The molecule has 14 heteroatoms. The summed E-state index contributed by atoms with van der Waals surface area (Å²) >= 11 is 0. The molecule has 7 N–H and O–H groups in total. The molecule has 0 aromatic heterocycles. The van der Waals surface area contributed by atoms with E-state index in [-0.39, 0.29) is 66.4 Å². The molecule has 2 aliphatic heterocycles. The summed E-state index contributed by atoms with van der Waals surface area (Å²) in [4.78, 5) is 32.7. The summed E-state index contributed by atoms with van der Waals surface area (Å²) in [5.41, 5.74) is 18.0. The van der Waals surface area contributed by atoms with Crippen LogP contribution in [0.3, 0.4) is 0 Å². The van der Waals surface area contributed by atoms with Gasteiger partial charge in [0.1, 0.15) is 5.82 Å². The molecule has 2 amide bonds. The van der Waals surface area contributed by atoms with E-state index in [4.69, 9.17) is 22.0 Å². The van der Waals surface area contributed by atoms with Crippen molar-refractivity contribution in [3.8, 4) is 0 Å². The van der Waals surface area contributed by atoms with Crippen molar-refractivity contribution < 1.29 is 27.5 Å². The van der Waals surface area contributed by atoms with Crippen LogP contribution < -0.4 is 22.8 Å². The third-order valence-corrected chi connectivity index (χ3v) is 10.7. The first-order valence-electron chi connectivity index (χ1n) is 17.8. The maximum Gasteiger partial charge on any atom is 0.256 e. The van der Waals surface area contributed by atoms with Crippen LogP contribution in [-0.2, 0) is 27.5 Å². The molecule has 0 radical (unpaired) electrons. The lowest BCUT2D eigenvalue weighted by molar-refractivity contribution is -0.133. The van der Waals surface area contributed by atoms with Gasteiger partial charge in [-0.2, -0.15) is 0 Å². The Morgan fingerprint density at radius 3 is 2.33 bits per heavy atom. The van der Waals surface area contributed by atoms with Crippen LogP contribution in [-0.4, -0.2) is 72.9 Å². The van der Waals surface area contributed by atoms with Gasteiger partial charge in [-0.05, 0) is 65.8 Å². The molecular formula is C38H51F3N8O3. The summed E-state index contributed by atoms with van der Waals surface area (Å²) in [6.45, 7) is 7.09. The zero-order valence-corrected chi connectivity index (χ0v) is 30.0. The van der Waals surface area contributed by atoms with Gasteiger partial charge < -0.3 is 26.0 Å².